The number of rotatable bonds is 4. The van der Waals surface area contributed by atoms with Gasteiger partial charge in [0.15, 0.2) is 0 Å². The summed E-state index contributed by atoms with van der Waals surface area (Å²) >= 11 is 0. The SMILES string of the molecule is CCc1nnc(C)cc1C(NN)c1c(F)ccc(C)c1F. The molecule has 0 aliphatic heterocycles. The van der Waals surface area contributed by atoms with Crippen LogP contribution in [0, 0.1) is 25.5 Å². The van der Waals surface area contributed by atoms with Crippen molar-refractivity contribution in [1.82, 2.24) is 15.6 Å². The van der Waals surface area contributed by atoms with Crippen LogP contribution in [0.2, 0.25) is 0 Å². The molecule has 1 atom stereocenters. The van der Waals surface area contributed by atoms with Crippen LogP contribution in [0.1, 0.15) is 41.0 Å². The Kier molecular flexibility index (Phi) is 4.59. The number of nitrogens with zero attached hydrogens (tertiary/aromatic N) is 2. The van der Waals surface area contributed by atoms with E-state index in [1.807, 2.05) is 6.92 Å². The average Bonchev–Trinajstić information content (AvgIpc) is 2.47. The highest BCUT2D eigenvalue weighted by Crippen LogP contribution is 2.29. The minimum atomic E-state index is -0.811. The lowest BCUT2D eigenvalue weighted by Gasteiger charge is -2.21. The lowest BCUT2D eigenvalue weighted by molar-refractivity contribution is 0.503. The summed E-state index contributed by atoms with van der Waals surface area (Å²) in [5.41, 5.74) is 4.72. The number of nitrogens with two attached hydrogens (primary N) is 1. The number of hydrogen-bond donors (Lipinski definition) is 2. The second kappa shape index (κ2) is 6.24. The standard InChI is InChI=1S/C15H18F2N4/c1-4-12-10(7-9(3)20-21-12)15(19-18)13-11(16)6-5-8(2)14(13)17/h5-7,15,19H,4,18H2,1-3H3. The van der Waals surface area contributed by atoms with Crippen LogP contribution >= 0.6 is 0 Å². The second-order valence-electron chi connectivity index (χ2n) is 4.93. The molecule has 0 saturated carbocycles. The van der Waals surface area contributed by atoms with Gasteiger partial charge in [0.25, 0.3) is 0 Å². The molecule has 2 rings (SSSR count). The maximum absolute atomic E-state index is 14.3. The van der Waals surface area contributed by atoms with E-state index in [-0.39, 0.29) is 5.56 Å². The first-order valence-electron chi connectivity index (χ1n) is 6.73. The molecule has 0 amide bonds. The highest BCUT2D eigenvalue weighted by molar-refractivity contribution is 5.38. The molecule has 0 radical (unpaired) electrons. The number of aromatic nitrogens is 2. The summed E-state index contributed by atoms with van der Waals surface area (Å²) in [7, 11) is 0. The normalized spacial score (nSPS) is 12.5. The van der Waals surface area contributed by atoms with Crippen LogP contribution in [-0.4, -0.2) is 10.2 Å². The van der Waals surface area contributed by atoms with Gasteiger partial charge in [0.2, 0.25) is 0 Å². The summed E-state index contributed by atoms with van der Waals surface area (Å²) < 4.78 is 28.5. The van der Waals surface area contributed by atoms with Crippen molar-refractivity contribution in [2.45, 2.75) is 33.2 Å². The molecule has 0 aliphatic rings. The van der Waals surface area contributed by atoms with Crippen molar-refractivity contribution in [1.29, 1.82) is 0 Å². The highest BCUT2D eigenvalue weighted by atomic mass is 19.1. The summed E-state index contributed by atoms with van der Waals surface area (Å²) in [4.78, 5) is 0. The molecular formula is C15H18F2N4. The molecule has 1 aromatic heterocycles. The summed E-state index contributed by atoms with van der Waals surface area (Å²) in [5, 5.41) is 8.06. The van der Waals surface area contributed by atoms with Gasteiger partial charge in [-0.05, 0) is 38.0 Å². The lowest BCUT2D eigenvalue weighted by Crippen LogP contribution is -2.31. The fourth-order valence-electron chi connectivity index (χ4n) is 2.33. The molecule has 112 valence electrons. The van der Waals surface area contributed by atoms with Crippen molar-refractivity contribution < 1.29 is 8.78 Å². The first-order chi connectivity index (χ1) is 9.99. The molecule has 0 spiro atoms. The van der Waals surface area contributed by atoms with Crippen LogP contribution in [0.3, 0.4) is 0 Å². The minimum Gasteiger partial charge on any atom is -0.271 e. The van der Waals surface area contributed by atoms with Crippen molar-refractivity contribution in [2.75, 3.05) is 0 Å². The Morgan fingerprint density at radius 3 is 2.57 bits per heavy atom. The van der Waals surface area contributed by atoms with Crippen LogP contribution in [-0.2, 0) is 6.42 Å². The van der Waals surface area contributed by atoms with Crippen molar-refractivity contribution >= 4 is 0 Å². The number of hydrazine groups is 1. The Morgan fingerprint density at radius 2 is 1.95 bits per heavy atom. The van der Waals surface area contributed by atoms with Crippen molar-refractivity contribution in [3.8, 4) is 0 Å². The zero-order chi connectivity index (χ0) is 15.6. The Morgan fingerprint density at radius 1 is 1.24 bits per heavy atom. The number of hydrogen-bond acceptors (Lipinski definition) is 4. The number of nitrogens with one attached hydrogen (secondary N) is 1. The molecule has 0 aliphatic carbocycles. The van der Waals surface area contributed by atoms with Gasteiger partial charge < -0.3 is 0 Å². The van der Waals surface area contributed by atoms with Gasteiger partial charge >= 0.3 is 0 Å². The zero-order valence-electron chi connectivity index (χ0n) is 12.2. The van der Waals surface area contributed by atoms with E-state index in [1.165, 1.54) is 12.1 Å². The maximum atomic E-state index is 14.3. The van der Waals surface area contributed by atoms with E-state index in [0.717, 1.165) is 0 Å². The summed E-state index contributed by atoms with van der Waals surface area (Å²) in [6.45, 7) is 5.26. The largest absolute Gasteiger partial charge is 0.271 e. The average molecular weight is 292 g/mol. The predicted octanol–water partition coefficient (Wildman–Crippen LogP) is 2.49. The monoisotopic (exact) mass is 292 g/mol. The Labute approximate surface area is 122 Å². The Hall–Kier alpha value is -1.92. The van der Waals surface area contributed by atoms with Crippen LogP contribution in [0.4, 0.5) is 8.78 Å². The molecule has 0 saturated heterocycles. The van der Waals surface area contributed by atoms with Crippen LogP contribution in [0.15, 0.2) is 18.2 Å². The zero-order valence-corrected chi connectivity index (χ0v) is 12.2. The minimum absolute atomic E-state index is 0.0976. The topological polar surface area (TPSA) is 63.8 Å². The van der Waals surface area contributed by atoms with Crippen molar-refractivity contribution in [3.05, 3.63) is 57.9 Å². The molecule has 1 unspecified atom stereocenters. The lowest BCUT2D eigenvalue weighted by atomic mass is 9.94. The molecule has 4 nitrogen and oxygen atoms in total. The van der Waals surface area contributed by atoms with E-state index in [4.69, 9.17) is 5.84 Å². The van der Waals surface area contributed by atoms with E-state index in [2.05, 4.69) is 15.6 Å². The molecular weight excluding hydrogens is 274 g/mol. The van der Waals surface area contributed by atoms with Gasteiger partial charge in [-0.1, -0.05) is 13.0 Å². The molecule has 21 heavy (non-hydrogen) atoms. The van der Waals surface area contributed by atoms with Crippen LogP contribution in [0.25, 0.3) is 0 Å². The van der Waals surface area contributed by atoms with Gasteiger partial charge in [-0.2, -0.15) is 10.2 Å². The van der Waals surface area contributed by atoms with Crippen LogP contribution < -0.4 is 11.3 Å². The predicted molar refractivity (Wildman–Crippen MR) is 76.4 cm³/mol. The fraction of sp³-hybridized carbons (Fsp3) is 0.333. The smallest absolute Gasteiger partial charge is 0.134 e. The van der Waals surface area contributed by atoms with Gasteiger partial charge in [-0.3, -0.25) is 5.84 Å². The molecule has 1 aromatic carbocycles. The van der Waals surface area contributed by atoms with Crippen molar-refractivity contribution in [2.24, 2.45) is 5.84 Å². The molecule has 0 bridgehead atoms. The third kappa shape index (κ3) is 2.91. The second-order valence-corrected chi connectivity index (χ2v) is 4.93. The Bertz CT molecular complexity index is 658. The van der Waals surface area contributed by atoms with E-state index < -0.39 is 17.7 Å². The maximum Gasteiger partial charge on any atom is 0.134 e. The summed E-state index contributed by atoms with van der Waals surface area (Å²) in [5.74, 6) is 4.32. The third-order valence-electron chi connectivity index (χ3n) is 3.45. The number of aryl methyl sites for hydroxylation is 3. The molecule has 1 heterocycles. The van der Waals surface area contributed by atoms with Crippen molar-refractivity contribution in [3.63, 3.8) is 0 Å². The fourth-order valence-corrected chi connectivity index (χ4v) is 2.33. The van der Waals surface area contributed by atoms with Gasteiger partial charge in [-0.15, -0.1) is 0 Å². The van der Waals surface area contributed by atoms with E-state index in [0.29, 0.717) is 28.9 Å². The first-order valence-corrected chi connectivity index (χ1v) is 6.73. The highest BCUT2D eigenvalue weighted by Gasteiger charge is 2.25. The molecule has 6 heteroatoms. The van der Waals surface area contributed by atoms with E-state index in [1.54, 1.807) is 19.9 Å². The van der Waals surface area contributed by atoms with Gasteiger partial charge in [0.1, 0.15) is 11.6 Å². The number of halogens is 2. The van der Waals surface area contributed by atoms with E-state index in [9.17, 15) is 8.78 Å². The summed E-state index contributed by atoms with van der Waals surface area (Å²) in [6.07, 6.45) is 0.593. The quantitative estimate of drug-likeness (QED) is 0.671. The first kappa shape index (κ1) is 15.5. The Balaban J connectivity index is 2.66. The van der Waals surface area contributed by atoms with Crippen LogP contribution in [0.5, 0.6) is 0 Å². The van der Waals surface area contributed by atoms with E-state index >= 15 is 0 Å². The van der Waals surface area contributed by atoms with Gasteiger partial charge in [0.05, 0.1) is 17.4 Å². The number of benzene rings is 1. The van der Waals surface area contributed by atoms with Gasteiger partial charge in [0, 0.05) is 11.1 Å². The van der Waals surface area contributed by atoms with Gasteiger partial charge in [-0.25, -0.2) is 14.2 Å². The molecule has 3 N–H and O–H groups in total. The summed E-state index contributed by atoms with van der Waals surface area (Å²) in [6, 6.07) is 3.58. The molecule has 0 fully saturated rings. The third-order valence-corrected chi connectivity index (χ3v) is 3.45. The molecule has 2 aromatic rings.